The Labute approximate surface area is 123 Å². The molecule has 1 atom stereocenters. The first kappa shape index (κ1) is 17.2. The summed E-state index contributed by atoms with van der Waals surface area (Å²) >= 11 is 0. The Kier molecular flexibility index (Phi) is 7.30. The quantitative estimate of drug-likeness (QED) is 0.732. The van der Waals surface area contributed by atoms with Crippen LogP contribution >= 0.6 is 0 Å². The van der Waals surface area contributed by atoms with Crippen molar-refractivity contribution in [3.63, 3.8) is 0 Å². The summed E-state index contributed by atoms with van der Waals surface area (Å²) < 4.78 is 5.44. The summed E-state index contributed by atoms with van der Waals surface area (Å²) in [6, 6.07) is 0. The van der Waals surface area contributed by atoms with Crippen molar-refractivity contribution >= 4 is 6.09 Å². The maximum absolute atomic E-state index is 12.0. The molecule has 0 saturated carbocycles. The predicted molar refractivity (Wildman–Crippen MR) is 81.7 cm³/mol. The molecule has 5 nitrogen and oxygen atoms in total. The minimum Gasteiger partial charge on any atom is -0.444 e. The van der Waals surface area contributed by atoms with E-state index in [-0.39, 0.29) is 6.09 Å². The van der Waals surface area contributed by atoms with Gasteiger partial charge in [0.1, 0.15) is 5.60 Å². The molecule has 0 radical (unpaired) electrons. The van der Waals surface area contributed by atoms with Crippen molar-refractivity contribution in [3.8, 4) is 0 Å². The summed E-state index contributed by atoms with van der Waals surface area (Å²) in [4.78, 5) is 13.9. The number of unbranched alkanes of at least 4 members (excludes halogenated alkanes) is 1. The highest BCUT2D eigenvalue weighted by molar-refractivity contribution is 5.68. The van der Waals surface area contributed by atoms with Crippen LogP contribution in [0.2, 0.25) is 0 Å². The van der Waals surface area contributed by atoms with E-state index in [1.807, 2.05) is 25.7 Å². The van der Waals surface area contributed by atoms with Gasteiger partial charge in [0.05, 0.1) is 0 Å². The molecule has 1 aliphatic heterocycles. The van der Waals surface area contributed by atoms with E-state index < -0.39 is 5.60 Å². The van der Waals surface area contributed by atoms with Crippen LogP contribution in [-0.2, 0) is 4.74 Å². The van der Waals surface area contributed by atoms with Crippen molar-refractivity contribution in [1.29, 1.82) is 0 Å². The normalized spacial score (nSPS) is 20.0. The van der Waals surface area contributed by atoms with Crippen LogP contribution in [-0.4, -0.2) is 49.3 Å². The van der Waals surface area contributed by atoms with E-state index in [4.69, 9.17) is 10.5 Å². The maximum Gasteiger partial charge on any atom is 0.410 e. The van der Waals surface area contributed by atoms with Crippen molar-refractivity contribution in [2.24, 2.45) is 11.7 Å². The highest BCUT2D eigenvalue weighted by atomic mass is 16.6. The second-order valence-electron chi connectivity index (χ2n) is 6.63. The fourth-order valence-electron chi connectivity index (χ4n) is 2.42. The molecule has 0 aromatic heterocycles. The minimum absolute atomic E-state index is 0.176. The van der Waals surface area contributed by atoms with Crippen molar-refractivity contribution in [3.05, 3.63) is 0 Å². The van der Waals surface area contributed by atoms with Gasteiger partial charge in [-0.1, -0.05) is 0 Å². The van der Waals surface area contributed by atoms with Gasteiger partial charge in [0.25, 0.3) is 0 Å². The number of carbonyl (C=O) groups is 1. The van der Waals surface area contributed by atoms with Gasteiger partial charge in [0.2, 0.25) is 0 Å². The average molecular weight is 285 g/mol. The molecule has 20 heavy (non-hydrogen) atoms. The highest BCUT2D eigenvalue weighted by Gasteiger charge is 2.27. The van der Waals surface area contributed by atoms with E-state index in [0.717, 1.165) is 52.0 Å². The molecule has 1 rings (SSSR count). The molecule has 1 aliphatic rings. The lowest BCUT2D eigenvalue weighted by molar-refractivity contribution is 0.0166. The zero-order valence-corrected chi connectivity index (χ0v) is 13.3. The smallest absolute Gasteiger partial charge is 0.410 e. The molecule has 0 aromatic carbocycles. The molecule has 0 bridgehead atoms. The second-order valence-corrected chi connectivity index (χ2v) is 6.63. The third-order valence-corrected chi connectivity index (χ3v) is 3.41. The first-order valence-corrected chi connectivity index (χ1v) is 7.81. The summed E-state index contributed by atoms with van der Waals surface area (Å²) in [5.74, 6) is 0.536. The van der Waals surface area contributed by atoms with Crippen LogP contribution < -0.4 is 11.1 Å². The van der Waals surface area contributed by atoms with Gasteiger partial charge < -0.3 is 20.7 Å². The fourth-order valence-corrected chi connectivity index (χ4v) is 2.42. The second kappa shape index (κ2) is 8.47. The standard InChI is InChI=1S/C15H31N3O2/c1-15(2,3)20-14(19)18-10-6-7-13(12-18)11-17-9-5-4-8-16/h13,17H,4-12,16H2,1-3H3. The number of likely N-dealkylation sites (tertiary alicyclic amines) is 1. The first-order valence-electron chi connectivity index (χ1n) is 7.81. The number of nitrogens with one attached hydrogen (secondary N) is 1. The van der Waals surface area contributed by atoms with Gasteiger partial charge in [-0.05, 0) is 72.0 Å². The summed E-state index contributed by atoms with van der Waals surface area (Å²) in [6.45, 7) is 10.1. The van der Waals surface area contributed by atoms with E-state index in [1.54, 1.807) is 0 Å². The molecular weight excluding hydrogens is 254 g/mol. The van der Waals surface area contributed by atoms with Crippen LogP contribution in [0.1, 0.15) is 46.5 Å². The van der Waals surface area contributed by atoms with Gasteiger partial charge >= 0.3 is 6.09 Å². The zero-order chi connectivity index (χ0) is 15.0. The van der Waals surface area contributed by atoms with E-state index in [9.17, 15) is 4.79 Å². The summed E-state index contributed by atoms with van der Waals surface area (Å²) in [6.07, 6.45) is 4.27. The number of hydrogen-bond donors (Lipinski definition) is 2. The summed E-state index contributed by atoms with van der Waals surface area (Å²) in [5, 5.41) is 3.46. The van der Waals surface area contributed by atoms with Crippen LogP contribution in [0, 0.1) is 5.92 Å². The van der Waals surface area contributed by atoms with Gasteiger partial charge in [-0.15, -0.1) is 0 Å². The Morgan fingerprint density at radius 3 is 2.80 bits per heavy atom. The number of rotatable bonds is 6. The fraction of sp³-hybridized carbons (Fsp3) is 0.933. The van der Waals surface area contributed by atoms with Crippen LogP contribution in [0.4, 0.5) is 4.79 Å². The largest absolute Gasteiger partial charge is 0.444 e. The molecule has 0 aliphatic carbocycles. The number of carbonyl (C=O) groups excluding carboxylic acids is 1. The highest BCUT2D eigenvalue weighted by Crippen LogP contribution is 2.18. The zero-order valence-electron chi connectivity index (χ0n) is 13.3. The predicted octanol–water partition coefficient (Wildman–Crippen LogP) is 1.96. The molecule has 1 saturated heterocycles. The summed E-state index contributed by atoms with van der Waals surface area (Å²) in [5.41, 5.74) is 5.06. The number of nitrogens with zero attached hydrogens (tertiary/aromatic N) is 1. The molecule has 118 valence electrons. The Hall–Kier alpha value is -0.810. The number of piperidine rings is 1. The number of nitrogens with two attached hydrogens (primary N) is 1. The Balaban J connectivity index is 2.26. The molecule has 0 aromatic rings. The van der Waals surface area contributed by atoms with Crippen molar-refractivity contribution in [1.82, 2.24) is 10.2 Å². The minimum atomic E-state index is -0.412. The SMILES string of the molecule is CC(C)(C)OC(=O)N1CCCC(CNCCCCN)C1. The van der Waals surface area contributed by atoms with E-state index in [0.29, 0.717) is 5.92 Å². The molecule has 1 amide bonds. The van der Waals surface area contributed by atoms with Gasteiger partial charge in [-0.25, -0.2) is 4.79 Å². The lowest BCUT2D eigenvalue weighted by atomic mass is 9.98. The van der Waals surface area contributed by atoms with Crippen LogP contribution in [0.15, 0.2) is 0 Å². The monoisotopic (exact) mass is 285 g/mol. The third-order valence-electron chi connectivity index (χ3n) is 3.41. The molecular formula is C15H31N3O2. The molecule has 0 spiro atoms. The van der Waals surface area contributed by atoms with Gasteiger partial charge in [0, 0.05) is 13.1 Å². The Morgan fingerprint density at radius 1 is 1.40 bits per heavy atom. The Morgan fingerprint density at radius 2 is 2.15 bits per heavy atom. The van der Waals surface area contributed by atoms with E-state index in [1.165, 1.54) is 6.42 Å². The van der Waals surface area contributed by atoms with Crippen LogP contribution in [0.3, 0.4) is 0 Å². The first-order chi connectivity index (χ1) is 9.42. The molecule has 1 unspecified atom stereocenters. The molecule has 5 heteroatoms. The number of amides is 1. The van der Waals surface area contributed by atoms with Crippen molar-refractivity contribution in [2.45, 2.75) is 52.1 Å². The van der Waals surface area contributed by atoms with Crippen molar-refractivity contribution in [2.75, 3.05) is 32.7 Å². The molecule has 1 heterocycles. The maximum atomic E-state index is 12.0. The lowest BCUT2D eigenvalue weighted by Gasteiger charge is -2.34. The summed E-state index contributed by atoms with van der Waals surface area (Å²) in [7, 11) is 0. The lowest BCUT2D eigenvalue weighted by Crippen LogP contribution is -2.45. The van der Waals surface area contributed by atoms with Gasteiger partial charge in [0.15, 0.2) is 0 Å². The van der Waals surface area contributed by atoms with Gasteiger partial charge in [-0.3, -0.25) is 0 Å². The average Bonchev–Trinajstić information content (AvgIpc) is 2.37. The third kappa shape index (κ3) is 7.10. The van der Waals surface area contributed by atoms with Crippen LogP contribution in [0.5, 0.6) is 0 Å². The van der Waals surface area contributed by atoms with Crippen molar-refractivity contribution < 1.29 is 9.53 Å². The molecule has 3 N–H and O–H groups in total. The topological polar surface area (TPSA) is 67.6 Å². The van der Waals surface area contributed by atoms with E-state index >= 15 is 0 Å². The van der Waals surface area contributed by atoms with E-state index in [2.05, 4.69) is 5.32 Å². The number of hydrogen-bond acceptors (Lipinski definition) is 4. The Bertz CT molecular complexity index is 289. The van der Waals surface area contributed by atoms with Gasteiger partial charge in [-0.2, -0.15) is 0 Å². The number of ether oxygens (including phenoxy) is 1. The molecule has 1 fully saturated rings. The van der Waals surface area contributed by atoms with Crippen LogP contribution in [0.25, 0.3) is 0 Å².